The molecular weight excluding hydrogens is 262 g/mol. The number of imidazole rings is 1. The van der Waals surface area contributed by atoms with Crippen molar-refractivity contribution in [3.05, 3.63) is 41.5 Å². The standard InChI is InChI=1S/C16H21N5/c1-3-20-10-17-7-13(20)9-21-12-4-5-16(21)14-8-18-11(2)19-15(14)6-12/h7-8,10,12,16H,3-6,9H2,1-2H3. The van der Waals surface area contributed by atoms with Crippen molar-refractivity contribution in [1.82, 2.24) is 24.4 Å². The predicted octanol–water partition coefficient (Wildman–Crippen LogP) is 2.26. The maximum Gasteiger partial charge on any atom is 0.125 e. The smallest absolute Gasteiger partial charge is 0.125 e. The number of aryl methyl sites for hydroxylation is 2. The molecule has 1 saturated heterocycles. The molecular formula is C16H21N5. The van der Waals surface area contributed by atoms with Crippen LogP contribution in [0.2, 0.25) is 0 Å². The number of aromatic nitrogens is 4. The lowest BCUT2D eigenvalue weighted by Crippen LogP contribution is -2.38. The van der Waals surface area contributed by atoms with E-state index in [1.807, 2.05) is 25.6 Å². The first-order valence-corrected chi connectivity index (χ1v) is 7.83. The molecule has 5 nitrogen and oxygen atoms in total. The summed E-state index contributed by atoms with van der Waals surface area (Å²) in [4.78, 5) is 16.0. The molecule has 21 heavy (non-hydrogen) atoms. The van der Waals surface area contributed by atoms with Gasteiger partial charge < -0.3 is 4.57 Å². The van der Waals surface area contributed by atoms with Crippen LogP contribution in [-0.4, -0.2) is 30.5 Å². The average Bonchev–Trinajstić information content (AvgIpc) is 3.03. The van der Waals surface area contributed by atoms with Gasteiger partial charge in [0.2, 0.25) is 0 Å². The Balaban J connectivity index is 1.65. The van der Waals surface area contributed by atoms with Gasteiger partial charge in [-0.2, -0.15) is 0 Å². The number of hydrogen-bond donors (Lipinski definition) is 0. The van der Waals surface area contributed by atoms with Crippen molar-refractivity contribution in [2.75, 3.05) is 0 Å². The highest BCUT2D eigenvalue weighted by Crippen LogP contribution is 2.43. The topological polar surface area (TPSA) is 46.8 Å². The van der Waals surface area contributed by atoms with Crippen molar-refractivity contribution >= 4 is 0 Å². The molecule has 2 aromatic rings. The first kappa shape index (κ1) is 13.0. The zero-order valence-corrected chi connectivity index (χ0v) is 12.7. The van der Waals surface area contributed by atoms with Crippen LogP contribution in [0.3, 0.4) is 0 Å². The molecule has 0 radical (unpaired) electrons. The number of fused-ring (bicyclic) bond motifs is 4. The number of nitrogens with zero attached hydrogens (tertiary/aromatic N) is 5. The highest BCUT2D eigenvalue weighted by molar-refractivity contribution is 5.28. The lowest BCUT2D eigenvalue weighted by molar-refractivity contribution is 0.162. The molecule has 1 fully saturated rings. The van der Waals surface area contributed by atoms with Gasteiger partial charge in [-0.25, -0.2) is 15.0 Å². The fraction of sp³-hybridized carbons (Fsp3) is 0.562. The van der Waals surface area contributed by atoms with Crippen molar-refractivity contribution in [3.63, 3.8) is 0 Å². The molecule has 5 heteroatoms. The van der Waals surface area contributed by atoms with Gasteiger partial charge >= 0.3 is 0 Å². The molecule has 0 amide bonds. The van der Waals surface area contributed by atoms with Crippen LogP contribution in [-0.2, 0) is 19.5 Å². The van der Waals surface area contributed by atoms with Crippen LogP contribution in [0.4, 0.5) is 0 Å². The van der Waals surface area contributed by atoms with E-state index in [4.69, 9.17) is 0 Å². The maximum atomic E-state index is 4.66. The molecule has 4 rings (SSSR count). The summed E-state index contributed by atoms with van der Waals surface area (Å²) in [6, 6.07) is 1.11. The lowest BCUT2D eigenvalue weighted by atomic mass is 9.99. The summed E-state index contributed by atoms with van der Waals surface area (Å²) in [7, 11) is 0. The normalized spacial score (nSPS) is 24.3. The second kappa shape index (κ2) is 4.91. The number of rotatable bonds is 3. The van der Waals surface area contributed by atoms with Gasteiger partial charge in [-0.3, -0.25) is 4.90 Å². The van der Waals surface area contributed by atoms with Gasteiger partial charge in [-0.05, 0) is 26.7 Å². The second-order valence-corrected chi connectivity index (χ2v) is 6.11. The fourth-order valence-corrected chi connectivity index (χ4v) is 3.87. The summed E-state index contributed by atoms with van der Waals surface area (Å²) < 4.78 is 2.24. The second-order valence-electron chi connectivity index (χ2n) is 6.11. The minimum atomic E-state index is 0.486. The summed E-state index contributed by atoms with van der Waals surface area (Å²) in [5, 5.41) is 0. The largest absolute Gasteiger partial charge is 0.334 e. The minimum absolute atomic E-state index is 0.486. The Bertz CT molecular complexity index is 662. The summed E-state index contributed by atoms with van der Waals surface area (Å²) in [6.07, 6.45) is 9.54. The molecule has 2 bridgehead atoms. The van der Waals surface area contributed by atoms with Gasteiger partial charge in [0.05, 0.1) is 17.7 Å². The third-order valence-corrected chi connectivity index (χ3v) is 4.93. The van der Waals surface area contributed by atoms with E-state index in [2.05, 4.69) is 31.3 Å². The summed E-state index contributed by atoms with van der Waals surface area (Å²) in [6.45, 7) is 6.12. The average molecular weight is 283 g/mol. The third kappa shape index (κ3) is 2.07. The van der Waals surface area contributed by atoms with Gasteiger partial charge in [0, 0.05) is 49.6 Å². The molecule has 110 valence electrons. The number of hydrogen-bond acceptors (Lipinski definition) is 4. The van der Waals surface area contributed by atoms with Crippen LogP contribution in [0.25, 0.3) is 0 Å². The first-order chi connectivity index (χ1) is 10.3. The quantitative estimate of drug-likeness (QED) is 0.867. The summed E-state index contributed by atoms with van der Waals surface area (Å²) in [5.41, 5.74) is 3.93. The molecule has 2 aliphatic heterocycles. The molecule has 4 heterocycles. The van der Waals surface area contributed by atoms with E-state index >= 15 is 0 Å². The van der Waals surface area contributed by atoms with Crippen molar-refractivity contribution in [1.29, 1.82) is 0 Å². The van der Waals surface area contributed by atoms with Gasteiger partial charge in [0.1, 0.15) is 5.82 Å². The van der Waals surface area contributed by atoms with E-state index in [-0.39, 0.29) is 0 Å². The summed E-state index contributed by atoms with van der Waals surface area (Å²) in [5.74, 6) is 0.894. The molecule has 2 atom stereocenters. The van der Waals surface area contributed by atoms with Gasteiger partial charge in [-0.15, -0.1) is 0 Å². The Morgan fingerprint density at radius 1 is 1.29 bits per heavy atom. The Hall–Kier alpha value is -1.75. The lowest BCUT2D eigenvalue weighted by Gasteiger charge is -2.35. The van der Waals surface area contributed by atoms with E-state index in [0.29, 0.717) is 12.1 Å². The van der Waals surface area contributed by atoms with Crippen molar-refractivity contribution < 1.29 is 0 Å². The highest BCUT2D eigenvalue weighted by atomic mass is 15.2. The molecule has 2 aromatic heterocycles. The van der Waals surface area contributed by atoms with E-state index in [1.165, 1.54) is 29.8 Å². The van der Waals surface area contributed by atoms with E-state index < -0.39 is 0 Å². The Morgan fingerprint density at radius 2 is 2.19 bits per heavy atom. The monoisotopic (exact) mass is 283 g/mol. The van der Waals surface area contributed by atoms with Crippen LogP contribution in [0, 0.1) is 6.92 Å². The van der Waals surface area contributed by atoms with Crippen molar-refractivity contribution in [2.45, 2.75) is 58.3 Å². The Morgan fingerprint density at radius 3 is 3.05 bits per heavy atom. The van der Waals surface area contributed by atoms with Crippen LogP contribution in [0.1, 0.15) is 48.6 Å². The molecule has 2 aliphatic rings. The van der Waals surface area contributed by atoms with Gasteiger partial charge in [-0.1, -0.05) is 0 Å². The van der Waals surface area contributed by atoms with Crippen LogP contribution < -0.4 is 0 Å². The molecule has 0 aliphatic carbocycles. The van der Waals surface area contributed by atoms with Gasteiger partial charge in [0.15, 0.2) is 0 Å². The predicted molar refractivity (Wildman–Crippen MR) is 79.7 cm³/mol. The minimum Gasteiger partial charge on any atom is -0.334 e. The fourth-order valence-electron chi connectivity index (χ4n) is 3.87. The van der Waals surface area contributed by atoms with Crippen LogP contribution in [0.15, 0.2) is 18.7 Å². The molecule has 0 N–H and O–H groups in total. The van der Waals surface area contributed by atoms with Crippen LogP contribution in [0.5, 0.6) is 0 Å². The van der Waals surface area contributed by atoms with Crippen molar-refractivity contribution in [3.8, 4) is 0 Å². The molecule has 0 spiro atoms. The SMILES string of the molecule is CCn1cncc1CN1C2CCC1c1cnc(C)nc1C2. The van der Waals surface area contributed by atoms with E-state index in [1.54, 1.807) is 0 Å². The zero-order valence-electron chi connectivity index (χ0n) is 12.7. The van der Waals surface area contributed by atoms with E-state index in [9.17, 15) is 0 Å². The molecule has 0 aromatic carbocycles. The third-order valence-electron chi connectivity index (χ3n) is 4.93. The van der Waals surface area contributed by atoms with Gasteiger partial charge in [0.25, 0.3) is 0 Å². The van der Waals surface area contributed by atoms with E-state index in [0.717, 1.165) is 25.3 Å². The Kier molecular flexibility index (Phi) is 3.03. The zero-order chi connectivity index (χ0) is 14.4. The maximum absolute atomic E-state index is 4.66. The highest BCUT2D eigenvalue weighted by Gasteiger charge is 2.40. The Labute approximate surface area is 125 Å². The molecule has 2 unspecified atom stereocenters. The molecule has 0 saturated carbocycles. The summed E-state index contributed by atoms with van der Waals surface area (Å²) >= 11 is 0. The first-order valence-electron chi connectivity index (χ1n) is 7.83. The van der Waals surface area contributed by atoms with Crippen molar-refractivity contribution in [2.24, 2.45) is 0 Å². The van der Waals surface area contributed by atoms with Crippen LogP contribution >= 0.6 is 0 Å².